The van der Waals surface area contributed by atoms with Gasteiger partial charge in [-0.05, 0) is 18.4 Å². The largest absolute Gasteiger partial charge is 0.370 e. The molecule has 0 atom stereocenters. The van der Waals surface area contributed by atoms with Crippen LogP contribution in [0.15, 0.2) is 36.7 Å². The third-order valence-corrected chi connectivity index (χ3v) is 5.48. The number of morpholine rings is 1. The van der Waals surface area contributed by atoms with Gasteiger partial charge in [-0.3, -0.25) is 4.79 Å². The fraction of sp³-hybridized carbons (Fsp3) is 0.565. The Balaban J connectivity index is 1.67. The van der Waals surface area contributed by atoms with Crippen LogP contribution in [-0.4, -0.2) is 59.8 Å². The maximum absolute atomic E-state index is 12.9. The van der Waals surface area contributed by atoms with Gasteiger partial charge in [0.15, 0.2) is 0 Å². The van der Waals surface area contributed by atoms with Gasteiger partial charge in [0.25, 0.3) is 0 Å². The molecule has 1 aromatic heterocycles. The molecule has 6 nitrogen and oxygen atoms in total. The van der Waals surface area contributed by atoms with Gasteiger partial charge >= 0.3 is 0 Å². The molecule has 1 aliphatic heterocycles. The summed E-state index contributed by atoms with van der Waals surface area (Å²) in [6.07, 6.45) is 4.42. The third kappa shape index (κ3) is 6.68. The van der Waals surface area contributed by atoms with Gasteiger partial charge in [0.1, 0.15) is 18.9 Å². The summed E-state index contributed by atoms with van der Waals surface area (Å²) in [6.45, 7) is 13.0. The second-order valence-corrected chi connectivity index (χ2v) is 8.48. The Morgan fingerprint density at radius 2 is 1.97 bits per heavy atom. The first-order chi connectivity index (χ1) is 14.0. The average molecular weight is 400 g/mol. The number of nitrogens with zero attached hydrogens (tertiary/aromatic N) is 3. The van der Waals surface area contributed by atoms with E-state index in [-0.39, 0.29) is 5.91 Å². The van der Waals surface area contributed by atoms with Crippen molar-refractivity contribution in [3.63, 3.8) is 0 Å². The number of aromatic nitrogens is 2. The smallest absolute Gasteiger partial charge is 0.223 e. The molecule has 1 amide bonds. The van der Waals surface area contributed by atoms with Crippen LogP contribution in [0, 0.1) is 12.8 Å². The van der Waals surface area contributed by atoms with Gasteiger partial charge in [-0.15, -0.1) is 0 Å². The molecular formula is C23H35N4O2+. The van der Waals surface area contributed by atoms with Crippen LogP contribution in [-0.2, 0) is 22.6 Å². The van der Waals surface area contributed by atoms with Crippen LogP contribution in [0.4, 0.5) is 0 Å². The first kappa shape index (κ1) is 21.5. The number of hydrogen-bond acceptors (Lipinski definition) is 3. The maximum Gasteiger partial charge on any atom is 0.223 e. The van der Waals surface area contributed by atoms with E-state index < -0.39 is 0 Å². The van der Waals surface area contributed by atoms with Gasteiger partial charge in [0, 0.05) is 25.4 Å². The average Bonchev–Trinajstić information content (AvgIpc) is 3.13. The molecule has 1 aromatic carbocycles. The van der Waals surface area contributed by atoms with Gasteiger partial charge in [0.2, 0.25) is 5.91 Å². The van der Waals surface area contributed by atoms with Crippen LogP contribution in [0.25, 0.3) is 0 Å². The number of imidazole rings is 1. The Bertz CT molecular complexity index is 763. The zero-order valence-corrected chi connectivity index (χ0v) is 18.1. The fourth-order valence-corrected chi connectivity index (χ4v) is 3.67. The number of aryl methyl sites for hydroxylation is 1. The van der Waals surface area contributed by atoms with E-state index >= 15 is 0 Å². The topological polar surface area (TPSA) is 51.8 Å². The molecule has 1 fully saturated rings. The lowest BCUT2D eigenvalue weighted by Gasteiger charge is -2.28. The number of benzene rings is 1. The van der Waals surface area contributed by atoms with Crippen LogP contribution in [0.2, 0.25) is 0 Å². The molecule has 0 bridgehead atoms. The molecule has 2 heterocycles. The molecular weight excluding hydrogens is 364 g/mol. The highest BCUT2D eigenvalue weighted by Gasteiger charge is 2.21. The number of ether oxygens (including phenoxy) is 1. The number of quaternary nitrogens is 1. The molecule has 1 saturated heterocycles. The van der Waals surface area contributed by atoms with Crippen LogP contribution in [0.3, 0.4) is 0 Å². The molecule has 3 rings (SSSR count). The van der Waals surface area contributed by atoms with Crippen molar-refractivity contribution in [2.75, 3.05) is 39.4 Å². The lowest BCUT2D eigenvalue weighted by molar-refractivity contribution is -0.907. The van der Waals surface area contributed by atoms with Gasteiger partial charge in [-0.25, -0.2) is 4.98 Å². The summed E-state index contributed by atoms with van der Waals surface area (Å²) in [5.41, 5.74) is 2.50. The van der Waals surface area contributed by atoms with Crippen LogP contribution in [0.5, 0.6) is 0 Å². The van der Waals surface area contributed by atoms with Crippen molar-refractivity contribution in [1.29, 1.82) is 0 Å². The van der Waals surface area contributed by atoms with Crippen molar-refractivity contribution in [2.24, 2.45) is 5.92 Å². The predicted octanol–water partition coefficient (Wildman–Crippen LogP) is 1.53. The molecule has 0 radical (unpaired) electrons. The van der Waals surface area contributed by atoms with E-state index in [1.807, 2.05) is 17.3 Å². The molecule has 6 heteroatoms. The number of rotatable bonds is 9. The Morgan fingerprint density at radius 3 is 2.66 bits per heavy atom. The second kappa shape index (κ2) is 10.6. The summed E-state index contributed by atoms with van der Waals surface area (Å²) in [6, 6.07) is 8.58. The minimum Gasteiger partial charge on any atom is -0.370 e. The van der Waals surface area contributed by atoms with E-state index in [0.717, 1.165) is 51.8 Å². The Hall–Kier alpha value is -2.18. The lowest BCUT2D eigenvalue weighted by atomic mass is 10.1. The molecule has 1 N–H and O–H groups in total. The molecule has 0 unspecified atom stereocenters. The van der Waals surface area contributed by atoms with E-state index in [1.165, 1.54) is 16.0 Å². The highest BCUT2D eigenvalue weighted by atomic mass is 16.5. The molecule has 0 aliphatic carbocycles. The first-order valence-electron chi connectivity index (χ1n) is 10.8. The normalized spacial score (nSPS) is 15.0. The van der Waals surface area contributed by atoms with E-state index in [9.17, 15) is 4.79 Å². The standard InChI is InChI=1S/C23H34N4O2/c1-19(2)16-23(28)27(11-10-25-12-14-29-15-13-25)18-22-24-8-9-26(22)17-21-6-4-20(3)5-7-21/h4-9,19H,10-18H2,1-3H3/p+1. The van der Waals surface area contributed by atoms with Crippen molar-refractivity contribution < 1.29 is 14.4 Å². The van der Waals surface area contributed by atoms with Crippen LogP contribution < -0.4 is 4.90 Å². The number of carbonyl (C=O) groups excluding carboxylic acids is 1. The first-order valence-corrected chi connectivity index (χ1v) is 10.8. The SMILES string of the molecule is Cc1ccc(Cn2ccnc2CN(CC[NH+]2CCOCC2)C(=O)CC(C)C)cc1. The minimum atomic E-state index is 0.220. The van der Waals surface area contributed by atoms with Crippen molar-refractivity contribution in [1.82, 2.24) is 14.5 Å². The van der Waals surface area contributed by atoms with Gasteiger partial charge in [-0.2, -0.15) is 0 Å². The van der Waals surface area contributed by atoms with Crippen LogP contribution in [0.1, 0.15) is 37.2 Å². The Morgan fingerprint density at radius 1 is 1.24 bits per heavy atom. The van der Waals surface area contributed by atoms with E-state index in [2.05, 4.69) is 54.6 Å². The third-order valence-electron chi connectivity index (χ3n) is 5.48. The summed E-state index contributed by atoms with van der Waals surface area (Å²) >= 11 is 0. The summed E-state index contributed by atoms with van der Waals surface area (Å²) in [5.74, 6) is 1.52. The number of carbonyl (C=O) groups is 1. The van der Waals surface area contributed by atoms with Gasteiger partial charge < -0.3 is 19.1 Å². The van der Waals surface area contributed by atoms with Gasteiger partial charge in [0.05, 0.1) is 32.8 Å². The molecule has 158 valence electrons. The highest BCUT2D eigenvalue weighted by Crippen LogP contribution is 2.11. The van der Waals surface area contributed by atoms with E-state index in [0.29, 0.717) is 18.9 Å². The molecule has 0 spiro atoms. The predicted molar refractivity (Wildman–Crippen MR) is 114 cm³/mol. The summed E-state index contributed by atoms with van der Waals surface area (Å²) < 4.78 is 7.61. The number of amides is 1. The quantitative estimate of drug-likeness (QED) is 0.696. The van der Waals surface area contributed by atoms with Crippen molar-refractivity contribution in [3.8, 4) is 0 Å². The highest BCUT2D eigenvalue weighted by molar-refractivity contribution is 5.76. The Labute approximate surface area is 174 Å². The maximum atomic E-state index is 12.9. The fourth-order valence-electron chi connectivity index (χ4n) is 3.67. The van der Waals surface area contributed by atoms with Crippen molar-refractivity contribution >= 4 is 5.91 Å². The number of hydrogen-bond donors (Lipinski definition) is 1. The van der Waals surface area contributed by atoms with E-state index in [4.69, 9.17) is 4.74 Å². The molecule has 0 saturated carbocycles. The Kier molecular flexibility index (Phi) is 7.83. The summed E-state index contributed by atoms with van der Waals surface area (Å²) in [5, 5.41) is 0. The number of nitrogens with one attached hydrogen (secondary N) is 1. The second-order valence-electron chi connectivity index (χ2n) is 8.48. The molecule has 1 aliphatic rings. The monoisotopic (exact) mass is 399 g/mol. The lowest BCUT2D eigenvalue weighted by Crippen LogP contribution is -3.14. The minimum absolute atomic E-state index is 0.220. The zero-order valence-electron chi connectivity index (χ0n) is 18.1. The van der Waals surface area contributed by atoms with E-state index in [1.54, 1.807) is 0 Å². The van der Waals surface area contributed by atoms with Crippen molar-refractivity contribution in [3.05, 3.63) is 53.6 Å². The van der Waals surface area contributed by atoms with Gasteiger partial charge in [-0.1, -0.05) is 43.7 Å². The van der Waals surface area contributed by atoms with Crippen LogP contribution >= 0.6 is 0 Å². The summed E-state index contributed by atoms with van der Waals surface area (Å²) in [4.78, 5) is 21.0. The summed E-state index contributed by atoms with van der Waals surface area (Å²) in [7, 11) is 0. The molecule has 29 heavy (non-hydrogen) atoms. The van der Waals surface area contributed by atoms with Crippen molar-refractivity contribution in [2.45, 2.75) is 40.3 Å². The molecule has 2 aromatic rings. The zero-order chi connectivity index (χ0) is 20.6.